The molecule has 8 heteroatoms. The highest BCUT2D eigenvalue weighted by atomic mass is 32.2. The Morgan fingerprint density at radius 3 is 2.21 bits per heavy atom. The summed E-state index contributed by atoms with van der Waals surface area (Å²) in [4.78, 5) is 5.17. The van der Waals surface area contributed by atoms with Gasteiger partial charge in [-0.05, 0) is 63.2 Å². The van der Waals surface area contributed by atoms with E-state index in [-0.39, 0.29) is 17.1 Å². The third-order valence-electron chi connectivity index (χ3n) is 6.67. The average molecular weight is 543 g/mol. The van der Waals surface area contributed by atoms with Crippen LogP contribution < -0.4 is 15.5 Å². The van der Waals surface area contributed by atoms with Crippen LogP contribution in [-0.4, -0.2) is 49.0 Å². The van der Waals surface area contributed by atoms with Gasteiger partial charge in [-0.2, -0.15) is 13.2 Å². The Hall–Kier alpha value is -2.84. The third-order valence-corrected chi connectivity index (χ3v) is 7.73. The van der Waals surface area contributed by atoms with Gasteiger partial charge in [-0.1, -0.05) is 43.3 Å². The van der Waals surface area contributed by atoms with Crippen LogP contribution in [0.4, 0.5) is 30.2 Å². The largest absolute Gasteiger partial charge is 0.418 e. The van der Waals surface area contributed by atoms with Crippen LogP contribution in [-0.2, 0) is 6.18 Å². The minimum atomic E-state index is -4.43. The molecule has 4 nitrogen and oxygen atoms in total. The quantitative estimate of drug-likeness (QED) is 0.212. The van der Waals surface area contributed by atoms with Crippen LogP contribution in [0.5, 0.6) is 0 Å². The normalized spacial score (nSPS) is 15.5. The standard InChI is InChI=1S/C30H37F3N4S/c1-5-36-16-18-37(19-17-36)27-15-14-24(20-25(27)30(31,32)33)35-22(4)38-28-13-9-12-26(34-21(2)3)29(28)23-10-7-6-8-11-23/h6-15,20-22,34-35H,5,16-19H2,1-4H3. The molecule has 1 aliphatic heterocycles. The summed E-state index contributed by atoms with van der Waals surface area (Å²) in [6, 6.07) is 21.2. The van der Waals surface area contributed by atoms with Crippen molar-refractivity contribution in [3.63, 3.8) is 0 Å². The summed E-state index contributed by atoms with van der Waals surface area (Å²) in [6.45, 7) is 11.9. The van der Waals surface area contributed by atoms with E-state index in [1.54, 1.807) is 23.9 Å². The number of benzene rings is 3. The number of nitrogens with one attached hydrogen (secondary N) is 2. The Kier molecular flexibility index (Phi) is 9.15. The molecule has 1 fully saturated rings. The molecule has 2 N–H and O–H groups in total. The first-order valence-electron chi connectivity index (χ1n) is 13.2. The van der Waals surface area contributed by atoms with Crippen molar-refractivity contribution < 1.29 is 13.2 Å². The van der Waals surface area contributed by atoms with E-state index in [1.807, 2.05) is 36.1 Å². The van der Waals surface area contributed by atoms with Crippen molar-refractivity contribution in [1.82, 2.24) is 4.90 Å². The van der Waals surface area contributed by atoms with Crippen LogP contribution in [0.3, 0.4) is 0 Å². The number of anilines is 3. The van der Waals surface area contributed by atoms with Crippen LogP contribution in [0, 0.1) is 0 Å². The maximum absolute atomic E-state index is 14.1. The Labute approximate surface area is 228 Å². The van der Waals surface area contributed by atoms with Gasteiger partial charge in [0.05, 0.1) is 10.9 Å². The maximum Gasteiger partial charge on any atom is 0.418 e. The first-order valence-corrected chi connectivity index (χ1v) is 14.1. The maximum atomic E-state index is 14.1. The van der Waals surface area contributed by atoms with Gasteiger partial charge in [0.2, 0.25) is 0 Å². The zero-order chi connectivity index (χ0) is 27.3. The van der Waals surface area contributed by atoms with Gasteiger partial charge in [-0.3, -0.25) is 0 Å². The van der Waals surface area contributed by atoms with Gasteiger partial charge >= 0.3 is 6.18 Å². The van der Waals surface area contributed by atoms with Gasteiger partial charge in [-0.15, -0.1) is 11.8 Å². The predicted octanol–water partition coefficient (Wildman–Crippen LogP) is 7.88. The van der Waals surface area contributed by atoms with Crippen LogP contribution in [0.1, 0.15) is 33.3 Å². The third kappa shape index (κ3) is 6.97. The van der Waals surface area contributed by atoms with Crippen molar-refractivity contribution in [2.75, 3.05) is 48.3 Å². The molecule has 1 saturated heterocycles. The van der Waals surface area contributed by atoms with Gasteiger partial charge in [0.1, 0.15) is 0 Å². The van der Waals surface area contributed by atoms with E-state index < -0.39 is 11.7 Å². The monoisotopic (exact) mass is 542 g/mol. The molecule has 38 heavy (non-hydrogen) atoms. The van der Waals surface area contributed by atoms with E-state index in [0.29, 0.717) is 18.8 Å². The first-order chi connectivity index (χ1) is 18.2. The van der Waals surface area contributed by atoms with Crippen molar-refractivity contribution in [1.29, 1.82) is 0 Å². The number of thioether (sulfide) groups is 1. The number of hydrogen-bond acceptors (Lipinski definition) is 5. The lowest BCUT2D eigenvalue weighted by Crippen LogP contribution is -2.46. The minimum Gasteiger partial charge on any atom is -0.382 e. The van der Waals surface area contributed by atoms with Gasteiger partial charge in [0.25, 0.3) is 0 Å². The van der Waals surface area contributed by atoms with Gasteiger partial charge in [-0.25, -0.2) is 0 Å². The van der Waals surface area contributed by atoms with Crippen LogP contribution in [0.2, 0.25) is 0 Å². The molecule has 0 spiro atoms. The Morgan fingerprint density at radius 2 is 1.58 bits per heavy atom. The number of rotatable bonds is 9. The zero-order valence-corrected chi connectivity index (χ0v) is 23.3. The molecule has 1 unspecified atom stereocenters. The molecule has 0 radical (unpaired) electrons. The fourth-order valence-corrected chi connectivity index (χ4v) is 5.93. The molecule has 0 aromatic heterocycles. The summed E-state index contributed by atoms with van der Waals surface area (Å²) in [5, 5.41) is 6.68. The lowest BCUT2D eigenvalue weighted by atomic mass is 10.0. The van der Waals surface area contributed by atoms with E-state index in [0.717, 1.165) is 41.3 Å². The molecule has 3 aromatic carbocycles. The number of hydrogen-bond donors (Lipinski definition) is 2. The van der Waals surface area contributed by atoms with Gasteiger partial charge < -0.3 is 20.4 Å². The molecular formula is C30H37F3N4S. The SMILES string of the molecule is CCN1CCN(c2ccc(NC(C)Sc3cccc(NC(C)C)c3-c3ccccc3)cc2C(F)(F)F)CC1. The van der Waals surface area contributed by atoms with Crippen molar-refractivity contribution in [2.24, 2.45) is 0 Å². The molecule has 1 heterocycles. The molecule has 1 atom stereocenters. The Bertz CT molecular complexity index is 1190. The molecule has 204 valence electrons. The Morgan fingerprint density at radius 1 is 0.868 bits per heavy atom. The first kappa shape index (κ1) is 28.2. The summed E-state index contributed by atoms with van der Waals surface area (Å²) in [7, 11) is 0. The van der Waals surface area contributed by atoms with E-state index in [9.17, 15) is 13.2 Å². The highest BCUT2D eigenvalue weighted by Gasteiger charge is 2.36. The van der Waals surface area contributed by atoms with Crippen molar-refractivity contribution in [2.45, 2.75) is 50.2 Å². The lowest BCUT2D eigenvalue weighted by Gasteiger charge is -2.36. The van der Waals surface area contributed by atoms with Crippen molar-refractivity contribution in [3.8, 4) is 11.1 Å². The second-order valence-corrected chi connectivity index (χ2v) is 11.3. The topological polar surface area (TPSA) is 30.5 Å². The number of alkyl halides is 3. The van der Waals surface area contributed by atoms with E-state index in [4.69, 9.17) is 0 Å². The van der Waals surface area contributed by atoms with Gasteiger partial charge in [0.15, 0.2) is 0 Å². The molecule has 3 aromatic rings. The van der Waals surface area contributed by atoms with Gasteiger partial charge in [0, 0.05) is 59.7 Å². The highest BCUT2D eigenvalue weighted by Crippen LogP contribution is 2.41. The van der Waals surface area contributed by atoms with Crippen molar-refractivity contribution >= 4 is 28.8 Å². The summed E-state index contributed by atoms with van der Waals surface area (Å²) in [5.41, 5.74) is 3.37. The molecule has 0 saturated carbocycles. The summed E-state index contributed by atoms with van der Waals surface area (Å²) >= 11 is 1.60. The smallest absolute Gasteiger partial charge is 0.382 e. The number of likely N-dealkylation sites (N-methyl/N-ethyl adjacent to an activating group) is 1. The second-order valence-electron chi connectivity index (χ2n) is 9.90. The Balaban J connectivity index is 1.57. The number of halogens is 3. The van der Waals surface area contributed by atoms with E-state index in [1.165, 1.54) is 6.07 Å². The molecule has 1 aliphatic rings. The number of piperazine rings is 1. The summed E-state index contributed by atoms with van der Waals surface area (Å²) in [5.74, 6) is 0. The molecule has 4 rings (SSSR count). The fourth-order valence-electron chi connectivity index (χ4n) is 4.85. The van der Waals surface area contributed by atoms with Crippen LogP contribution in [0.15, 0.2) is 71.6 Å². The molecule has 0 aliphatic carbocycles. The molecular weight excluding hydrogens is 505 g/mol. The summed E-state index contributed by atoms with van der Waals surface area (Å²) in [6.07, 6.45) is -4.43. The predicted molar refractivity (Wildman–Crippen MR) is 155 cm³/mol. The number of nitrogens with zero attached hydrogens (tertiary/aromatic N) is 2. The average Bonchev–Trinajstić information content (AvgIpc) is 2.88. The van der Waals surface area contributed by atoms with Crippen LogP contribution in [0.25, 0.3) is 11.1 Å². The van der Waals surface area contributed by atoms with Crippen LogP contribution >= 0.6 is 11.8 Å². The van der Waals surface area contributed by atoms with E-state index >= 15 is 0 Å². The second kappa shape index (κ2) is 12.3. The highest BCUT2D eigenvalue weighted by molar-refractivity contribution is 8.00. The molecule has 0 bridgehead atoms. The zero-order valence-electron chi connectivity index (χ0n) is 22.5. The minimum absolute atomic E-state index is 0.160. The molecule has 0 amide bonds. The van der Waals surface area contributed by atoms with E-state index in [2.05, 4.69) is 60.6 Å². The summed E-state index contributed by atoms with van der Waals surface area (Å²) < 4.78 is 42.4. The van der Waals surface area contributed by atoms with Crippen molar-refractivity contribution in [3.05, 3.63) is 72.3 Å². The fraction of sp³-hybridized carbons (Fsp3) is 0.400. The lowest BCUT2D eigenvalue weighted by molar-refractivity contribution is -0.137.